The zero-order valence-electron chi connectivity index (χ0n) is 16.7. The second-order valence-electron chi connectivity index (χ2n) is 6.11. The van der Waals surface area contributed by atoms with Gasteiger partial charge in [-0.15, -0.1) is 0 Å². The molecule has 0 heterocycles. The fourth-order valence-electron chi connectivity index (χ4n) is 2.89. The van der Waals surface area contributed by atoms with Crippen LogP contribution in [0.3, 0.4) is 0 Å². The molecule has 0 unspecified atom stereocenters. The number of nitrogens with zero attached hydrogens (tertiary/aromatic N) is 2. The van der Waals surface area contributed by atoms with E-state index in [0.29, 0.717) is 5.69 Å². The number of rotatable bonds is 7. The van der Waals surface area contributed by atoms with E-state index < -0.39 is 21.9 Å². The molecule has 0 aliphatic carbocycles. The Hall–Kier alpha value is -2.42. The van der Waals surface area contributed by atoms with Gasteiger partial charge in [-0.25, -0.2) is 13.2 Å². The van der Waals surface area contributed by atoms with E-state index in [2.05, 4.69) is 0 Å². The molecule has 0 aliphatic heterocycles. The third kappa shape index (κ3) is 4.60. The fraction of sp³-hybridized carbons (Fsp3) is 0.300. The summed E-state index contributed by atoms with van der Waals surface area (Å²) in [4.78, 5) is 26.2. The number of ether oxygens (including phenoxy) is 1. The van der Waals surface area contributed by atoms with Gasteiger partial charge in [0.25, 0.3) is 5.91 Å². The molecule has 1 amide bonds. The highest BCUT2D eigenvalue weighted by atomic mass is 35.5. The first-order valence-corrected chi connectivity index (χ1v) is 10.8. The molecule has 9 heteroatoms. The molecule has 0 radical (unpaired) electrons. The quantitative estimate of drug-likeness (QED) is 0.618. The van der Waals surface area contributed by atoms with E-state index in [1.165, 1.54) is 41.6 Å². The number of hydrogen-bond donors (Lipinski definition) is 0. The number of carbonyl (C=O) groups is 2. The number of esters is 1. The van der Waals surface area contributed by atoms with E-state index in [4.69, 9.17) is 16.3 Å². The average Bonchev–Trinajstić information content (AvgIpc) is 2.73. The maximum absolute atomic E-state index is 13.0. The third-order valence-electron chi connectivity index (χ3n) is 4.48. The molecule has 2 aromatic rings. The first kappa shape index (κ1) is 22.9. The van der Waals surface area contributed by atoms with E-state index >= 15 is 0 Å². The van der Waals surface area contributed by atoms with Gasteiger partial charge in [0.05, 0.1) is 23.4 Å². The number of anilines is 1. The van der Waals surface area contributed by atoms with Gasteiger partial charge in [0.15, 0.2) is 0 Å². The number of para-hydroxylation sites is 1. The van der Waals surface area contributed by atoms with Crippen LogP contribution < -0.4 is 4.90 Å². The van der Waals surface area contributed by atoms with Crippen LogP contribution in [-0.4, -0.2) is 51.8 Å². The summed E-state index contributed by atoms with van der Waals surface area (Å²) >= 11 is 6.13. The highest BCUT2D eigenvalue weighted by Gasteiger charge is 2.27. The van der Waals surface area contributed by atoms with E-state index in [1.807, 2.05) is 0 Å². The van der Waals surface area contributed by atoms with Crippen LogP contribution in [0.15, 0.2) is 47.4 Å². The molecule has 0 bridgehead atoms. The molecule has 0 saturated heterocycles. The largest absolute Gasteiger partial charge is 0.465 e. The van der Waals surface area contributed by atoms with Crippen LogP contribution in [0.1, 0.15) is 34.6 Å². The molecular weight excluding hydrogens is 416 g/mol. The van der Waals surface area contributed by atoms with Gasteiger partial charge in [0.2, 0.25) is 10.0 Å². The molecule has 2 rings (SSSR count). The standard InChI is InChI=1S/C20H23ClN2O5S/c1-5-23(6-2)29(26,27)18-13-14(11-12-16(18)21)19(24)22(3)17-10-8-7-9-15(17)20(25)28-4/h7-13H,5-6H2,1-4H3. The third-order valence-corrected chi connectivity index (χ3v) is 7.01. The zero-order chi connectivity index (χ0) is 21.8. The number of sulfonamides is 1. The minimum absolute atomic E-state index is 0.0334. The van der Waals surface area contributed by atoms with E-state index in [0.717, 1.165) is 0 Å². The molecule has 0 aliphatic rings. The van der Waals surface area contributed by atoms with Crippen molar-refractivity contribution in [3.63, 3.8) is 0 Å². The Labute approximate surface area is 175 Å². The van der Waals surface area contributed by atoms with Crippen LogP contribution in [0.25, 0.3) is 0 Å². The second kappa shape index (κ2) is 9.39. The van der Waals surface area contributed by atoms with Crippen LogP contribution in [-0.2, 0) is 14.8 Å². The van der Waals surface area contributed by atoms with Gasteiger partial charge in [-0.2, -0.15) is 4.31 Å². The topological polar surface area (TPSA) is 84.0 Å². The number of hydrogen-bond acceptors (Lipinski definition) is 5. The van der Waals surface area contributed by atoms with Gasteiger partial charge in [-0.05, 0) is 30.3 Å². The Morgan fingerprint density at radius 3 is 2.28 bits per heavy atom. The fourth-order valence-corrected chi connectivity index (χ4v) is 4.85. The SMILES string of the molecule is CCN(CC)S(=O)(=O)c1cc(C(=O)N(C)c2ccccc2C(=O)OC)ccc1Cl. The van der Waals surface area contributed by atoms with Gasteiger partial charge in [-0.3, -0.25) is 4.79 Å². The van der Waals surface area contributed by atoms with Crippen molar-refractivity contribution in [3.8, 4) is 0 Å². The lowest BCUT2D eigenvalue weighted by Gasteiger charge is -2.22. The lowest BCUT2D eigenvalue weighted by Crippen LogP contribution is -2.31. The number of methoxy groups -OCH3 is 1. The van der Waals surface area contributed by atoms with Crippen molar-refractivity contribution in [2.75, 3.05) is 32.1 Å². The second-order valence-corrected chi connectivity index (χ2v) is 8.42. The lowest BCUT2D eigenvalue weighted by molar-refractivity contribution is 0.0601. The molecule has 0 N–H and O–H groups in total. The Kier molecular flexibility index (Phi) is 7.40. The summed E-state index contributed by atoms with van der Waals surface area (Å²) in [5.74, 6) is -1.07. The van der Waals surface area contributed by atoms with Gasteiger partial charge < -0.3 is 9.64 Å². The maximum Gasteiger partial charge on any atom is 0.339 e. The molecule has 156 valence electrons. The predicted molar refractivity (Wildman–Crippen MR) is 112 cm³/mol. The molecule has 0 spiro atoms. The summed E-state index contributed by atoms with van der Waals surface area (Å²) in [6.45, 7) is 4.00. The Bertz CT molecular complexity index is 1020. The monoisotopic (exact) mass is 438 g/mol. The van der Waals surface area contributed by atoms with Gasteiger partial charge in [0.1, 0.15) is 4.90 Å². The van der Waals surface area contributed by atoms with Gasteiger partial charge >= 0.3 is 5.97 Å². The van der Waals surface area contributed by atoms with Crippen molar-refractivity contribution in [2.24, 2.45) is 0 Å². The van der Waals surface area contributed by atoms with Crippen molar-refractivity contribution < 1.29 is 22.7 Å². The van der Waals surface area contributed by atoms with Crippen molar-refractivity contribution in [1.82, 2.24) is 4.31 Å². The zero-order valence-corrected chi connectivity index (χ0v) is 18.2. The Balaban J connectivity index is 2.49. The number of benzene rings is 2. The molecule has 0 fully saturated rings. The predicted octanol–water partition coefficient (Wildman–Crippen LogP) is 3.43. The molecule has 0 aromatic heterocycles. The van der Waals surface area contributed by atoms with Crippen LogP contribution >= 0.6 is 11.6 Å². The van der Waals surface area contributed by atoms with Crippen molar-refractivity contribution in [3.05, 3.63) is 58.6 Å². The van der Waals surface area contributed by atoms with E-state index in [1.54, 1.807) is 38.1 Å². The Morgan fingerprint density at radius 1 is 1.07 bits per heavy atom. The molecule has 2 aromatic carbocycles. The van der Waals surface area contributed by atoms with Crippen molar-refractivity contribution in [2.45, 2.75) is 18.7 Å². The first-order chi connectivity index (χ1) is 13.7. The van der Waals surface area contributed by atoms with Crippen LogP contribution in [0, 0.1) is 0 Å². The smallest absolute Gasteiger partial charge is 0.339 e. The van der Waals surface area contributed by atoms with Crippen molar-refractivity contribution in [1.29, 1.82) is 0 Å². The number of carbonyl (C=O) groups excluding carboxylic acids is 2. The van der Waals surface area contributed by atoms with Gasteiger partial charge in [0, 0.05) is 25.7 Å². The summed E-state index contributed by atoms with van der Waals surface area (Å²) in [7, 11) is -1.10. The summed E-state index contributed by atoms with van der Waals surface area (Å²) in [6.07, 6.45) is 0. The van der Waals surface area contributed by atoms with Crippen molar-refractivity contribution >= 4 is 39.2 Å². The highest BCUT2D eigenvalue weighted by Crippen LogP contribution is 2.28. The molecule has 7 nitrogen and oxygen atoms in total. The van der Waals surface area contributed by atoms with Crippen LogP contribution in [0.2, 0.25) is 5.02 Å². The summed E-state index contributed by atoms with van der Waals surface area (Å²) in [6, 6.07) is 10.6. The maximum atomic E-state index is 13.0. The lowest BCUT2D eigenvalue weighted by atomic mass is 10.1. The molecule has 0 atom stereocenters. The minimum atomic E-state index is -3.85. The highest BCUT2D eigenvalue weighted by molar-refractivity contribution is 7.89. The summed E-state index contributed by atoms with van der Waals surface area (Å²) in [5.41, 5.74) is 0.686. The van der Waals surface area contributed by atoms with Gasteiger partial charge in [-0.1, -0.05) is 37.6 Å². The number of halogens is 1. The minimum Gasteiger partial charge on any atom is -0.465 e. The van der Waals surface area contributed by atoms with E-state index in [9.17, 15) is 18.0 Å². The van der Waals surface area contributed by atoms with E-state index in [-0.39, 0.29) is 34.1 Å². The average molecular weight is 439 g/mol. The summed E-state index contributed by atoms with van der Waals surface area (Å²) in [5, 5.41) is 0.0334. The number of amides is 1. The molecule has 0 saturated carbocycles. The Morgan fingerprint density at radius 2 is 1.69 bits per heavy atom. The van der Waals surface area contributed by atoms with Crippen LogP contribution in [0.4, 0.5) is 5.69 Å². The molecule has 29 heavy (non-hydrogen) atoms. The van der Waals surface area contributed by atoms with Crippen LogP contribution in [0.5, 0.6) is 0 Å². The molecular formula is C20H23ClN2O5S. The first-order valence-electron chi connectivity index (χ1n) is 8.94. The summed E-state index contributed by atoms with van der Waals surface area (Å²) < 4.78 is 31.8. The normalized spacial score (nSPS) is 11.4.